The molecule has 4 aromatic rings. The summed E-state index contributed by atoms with van der Waals surface area (Å²) in [5.41, 5.74) is 1.63. The van der Waals surface area contributed by atoms with Gasteiger partial charge in [-0.2, -0.15) is 13.2 Å². The van der Waals surface area contributed by atoms with Gasteiger partial charge in [-0.3, -0.25) is 4.57 Å². The van der Waals surface area contributed by atoms with Crippen molar-refractivity contribution in [3.05, 3.63) is 60.7 Å². The van der Waals surface area contributed by atoms with E-state index >= 15 is 0 Å². The first-order valence-corrected chi connectivity index (χ1v) is 10.1. The highest BCUT2D eigenvalue weighted by molar-refractivity contribution is 6.00. The van der Waals surface area contributed by atoms with Crippen molar-refractivity contribution < 1.29 is 18.0 Å². The van der Waals surface area contributed by atoms with E-state index in [9.17, 15) is 18.0 Å². The monoisotopic (exact) mass is 470 g/mol. The predicted octanol–water partition coefficient (Wildman–Crippen LogP) is 4.59. The van der Waals surface area contributed by atoms with E-state index in [1.807, 2.05) is 0 Å². The number of nitrogens with zero attached hydrogens (tertiary/aromatic N) is 5. The van der Waals surface area contributed by atoms with Crippen LogP contribution in [0.4, 0.5) is 40.8 Å². The van der Waals surface area contributed by atoms with Crippen molar-refractivity contribution in [3.8, 4) is 5.69 Å². The van der Waals surface area contributed by atoms with E-state index in [1.165, 1.54) is 37.5 Å². The normalized spacial score (nSPS) is 11.4. The second-order valence-electron chi connectivity index (χ2n) is 7.51. The average Bonchev–Trinajstić information content (AvgIpc) is 3.23. The van der Waals surface area contributed by atoms with Gasteiger partial charge in [0.05, 0.1) is 5.56 Å². The molecular weight excluding hydrogens is 449 g/mol. The van der Waals surface area contributed by atoms with Crippen molar-refractivity contribution in [2.24, 2.45) is 0 Å². The molecule has 0 radical (unpaired) electrons. The van der Waals surface area contributed by atoms with Crippen molar-refractivity contribution in [2.45, 2.75) is 6.18 Å². The van der Waals surface area contributed by atoms with Crippen molar-refractivity contribution in [2.75, 3.05) is 42.0 Å². The van der Waals surface area contributed by atoms with Gasteiger partial charge >= 0.3 is 12.2 Å². The molecule has 4 rings (SSSR count). The molecule has 0 aliphatic heterocycles. The molecule has 2 aromatic heterocycles. The number of hydrogen-bond acceptors (Lipinski definition) is 6. The van der Waals surface area contributed by atoms with Crippen LogP contribution in [0.25, 0.3) is 16.9 Å². The van der Waals surface area contributed by atoms with Gasteiger partial charge in [-0.05, 0) is 42.5 Å². The van der Waals surface area contributed by atoms with Crippen LogP contribution in [0.2, 0.25) is 0 Å². The average molecular weight is 470 g/mol. The van der Waals surface area contributed by atoms with E-state index in [-0.39, 0.29) is 11.4 Å². The van der Waals surface area contributed by atoms with Crippen LogP contribution in [0, 0.1) is 0 Å². The molecule has 2 aromatic carbocycles. The Morgan fingerprint density at radius 1 is 0.971 bits per heavy atom. The van der Waals surface area contributed by atoms with Crippen LogP contribution >= 0.6 is 0 Å². The number of alkyl halides is 3. The predicted molar refractivity (Wildman–Crippen MR) is 125 cm³/mol. The van der Waals surface area contributed by atoms with Gasteiger partial charge in [-0.1, -0.05) is 0 Å². The van der Waals surface area contributed by atoms with E-state index in [1.54, 1.807) is 42.2 Å². The SMILES string of the molecule is CNc1ncnc2c1ncn2-c1ccc(NC(=O)Nc2ccc(N(C)C)c(C(F)(F)F)c2)cc1. The summed E-state index contributed by atoms with van der Waals surface area (Å²) in [5, 5.41) is 8.01. The van der Waals surface area contributed by atoms with Crippen molar-refractivity contribution in [1.29, 1.82) is 0 Å². The lowest BCUT2D eigenvalue weighted by Crippen LogP contribution is -2.21. The van der Waals surface area contributed by atoms with Crippen LogP contribution < -0.4 is 20.9 Å². The lowest BCUT2D eigenvalue weighted by atomic mass is 10.1. The van der Waals surface area contributed by atoms with Gasteiger partial charge in [0.25, 0.3) is 0 Å². The van der Waals surface area contributed by atoms with Crippen LogP contribution in [0.3, 0.4) is 0 Å². The summed E-state index contributed by atoms with van der Waals surface area (Å²) in [6.45, 7) is 0. The van der Waals surface area contributed by atoms with Crippen molar-refractivity contribution >= 4 is 40.1 Å². The van der Waals surface area contributed by atoms with Crippen LogP contribution in [0.15, 0.2) is 55.1 Å². The number of amides is 2. The number of rotatable bonds is 5. The molecule has 2 heterocycles. The fraction of sp³-hybridized carbons (Fsp3) is 0.182. The third kappa shape index (κ3) is 4.56. The summed E-state index contributed by atoms with van der Waals surface area (Å²) in [7, 11) is 4.78. The minimum absolute atomic E-state index is 0.00758. The summed E-state index contributed by atoms with van der Waals surface area (Å²) < 4.78 is 42.0. The van der Waals surface area contributed by atoms with Crippen molar-refractivity contribution in [1.82, 2.24) is 19.5 Å². The first-order chi connectivity index (χ1) is 16.2. The summed E-state index contributed by atoms with van der Waals surface area (Å²) in [6.07, 6.45) is -1.51. The van der Waals surface area contributed by atoms with Gasteiger partial charge in [-0.15, -0.1) is 0 Å². The molecule has 0 aliphatic carbocycles. The van der Waals surface area contributed by atoms with Crippen LogP contribution in [-0.4, -0.2) is 46.7 Å². The largest absolute Gasteiger partial charge is 0.418 e. The highest BCUT2D eigenvalue weighted by atomic mass is 19.4. The number of urea groups is 1. The molecule has 34 heavy (non-hydrogen) atoms. The number of hydrogen-bond donors (Lipinski definition) is 3. The maximum atomic E-state index is 13.4. The Kier molecular flexibility index (Phi) is 5.97. The van der Waals surface area contributed by atoms with E-state index in [0.717, 1.165) is 11.8 Å². The zero-order chi connectivity index (χ0) is 24.5. The Morgan fingerprint density at radius 2 is 1.65 bits per heavy atom. The van der Waals surface area contributed by atoms with Gasteiger partial charge in [-0.25, -0.2) is 19.7 Å². The van der Waals surface area contributed by atoms with Gasteiger partial charge in [0.15, 0.2) is 17.0 Å². The first kappa shape index (κ1) is 22.8. The molecule has 3 N–H and O–H groups in total. The summed E-state index contributed by atoms with van der Waals surface area (Å²) >= 11 is 0. The molecule has 0 saturated heterocycles. The molecule has 0 saturated carbocycles. The molecule has 0 bridgehead atoms. The van der Waals surface area contributed by atoms with Crippen molar-refractivity contribution in [3.63, 3.8) is 0 Å². The molecule has 9 nitrogen and oxygen atoms in total. The Labute approximate surface area is 192 Å². The molecule has 12 heteroatoms. The summed E-state index contributed by atoms with van der Waals surface area (Å²) in [6, 6.07) is 9.80. The lowest BCUT2D eigenvalue weighted by molar-refractivity contribution is -0.137. The van der Waals surface area contributed by atoms with Crippen LogP contribution in [0.1, 0.15) is 5.56 Å². The standard InChI is InChI=1S/C22H21F3N8O/c1-26-19-18-20(28-11-27-19)33(12-29-18)15-7-4-13(5-8-15)30-21(34)31-14-6-9-17(32(2)3)16(10-14)22(23,24)25/h4-12H,1-3H3,(H,26,27,28)(H2,30,31,34). The van der Waals surface area contributed by atoms with Gasteiger partial charge in [0.1, 0.15) is 12.7 Å². The Hall–Kier alpha value is -4.35. The Bertz CT molecular complexity index is 1330. The van der Waals surface area contributed by atoms with Gasteiger partial charge in [0.2, 0.25) is 0 Å². The molecule has 0 unspecified atom stereocenters. The Balaban J connectivity index is 1.49. The maximum Gasteiger partial charge on any atom is 0.418 e. The molecule has 0 fully saturated rings. The number of anilines is 4. The number of carbonyl (C=O) groups excluding carboxylic acids is 1. The summed E-state index contributed by atoms with van der Waals surface area (Å²) in [5.74, 6) is 0.603. The lowest BCUT2D eigenvalue weighted by Gasteiger charge is -2.20. The second kappa shape index (κ2) is 8.89. The third-order valence-corrected chi connectivity index (χ3v) is 5.02. The molecular formula is C22H21F3N8O. The molecule has 0 spiro atoms. The number of halogens is 3. The third-order valence-electron chi connectivity index (χ3n) is 5.02. The highest BCUT2D eigenvalue weighted by Crippen LogP contribution is 2.37. The highest BCUT2D eigenvalue weighted by Gasteiger charge is 2.34. The zero-order valence-corrected chi connectivity index (χ0v) is 18.5. The molecule has 0 atom stereocenters. The Morgan fingerprint density at radius 3 is 2.29 bits per heavy atom. The fourth-order valence-corrected chi connectivity index (χ4v) is 3.44. The van der Waals surface area contributed by atoms with Crippen LogP contribution in [0.5, 0.6) is 0 Å². The number of aromatic nitrogens is 4. The van der Waals surface area contributed by atoms with Gasteiger partial charge < -0.3 is 20.9 Å². The van der Waals surface area contributed by atoms with Gasteiger partial charge in [0, 0.05) is 43.9 Å². The minimum Gasteiger partial charge on any atom is -0.377 e. The van der Waals surface area contributed by atoms with E-state index in [4.69, 9.17) is 0 Å². The maximum absolute atomic E-state index is 13.4. The number of benzene rings is 2. The molecule has 0 aliphatic rings. The number of imidazole rings is 1. The summed E-state index contributed by atoms with van der Waals surface area (Å²) in [4.78, 5) is 26.5. The van der Waals surface area contributed by atoms with E-state index in [2.05, 4.69) is 30.9 Å². The van der Waals surface area contributed by atoms with E-state index in [0.29, 0.717) is 22.7 Å². The number of nitrogens with one attached hydrogen (secondary N) is 3. The minimum atomic E-state index is -4.56. The zero-order valence-electron chi connectivity index (χ0n) is 18.5. The van der Waals surface area contributed by atoms with Crippen LogP contribution in [-0.2, 0) is 6.18 Å². The first-order valence-electron chi connectivity index (χ1n) is 10.1. The van der Waals surface area contributed by atoms with E-state index < -0.39 is 17.8 Å². The quantitative estimate of drug-likeness (QED) is 0.395. The topological polar surface area (TPSA) is 100 Å². The molecule has 2 amide bonds. The second-order valence-corrected chi connectivity index (χ2v) is 7.51. The smallest absolute Gasteiger partial charge is 0.377 e. The number of fused-ring (bicyclic) bond motifs is 1. The molecule has 176 valence electrons. The fourth-order valence-electron chi connectivity index (χ4n) is 3.44. The number of carbonyl (C=O) groups is 1.